The number of pyridine rings is 2. The summed E-state index contributed by atoms with van der Waals surface area (Å²) in [6, 6.07) is 19.1. The number of nitrogens with one attached hydrogen (secondary N) is 3. The molecule has 3 aromatic carbocycles. The van der Waals surface area contributed by atoms with Crippen LogP contribution in [0.2, 0.25) is 5.02 Å². The second-order valence-electron chi connectivity index (χ2n) is 15.1. The molecule has 0 saturated carbocycles. The fraction of sp³-hybridized carbons (Fsp3) is 0.318. The highest BCUT2D eigenvalue weighted by molar-refractivity contribution is 6.31. The predicted molar refractivity (Wildman–Crippen MR) is 217 cm³/mol. The fourth-order valence-corrected chi connectivity index (χ4v) is 8.39. The summed E-state index contributed by atoms with van der Waals surface area (Å²) in [5.41, 5.74) is 4.12. The maximum absolute atomic E-state index is 14.7. The molecule has 0 spiro atoms. The smallest absolute Gasteiger partial charge is 0.407 e. The maximum atomic E-state index is 14.7. The van der Waals surface area contributed by atoms with E-state index in [0.29, 0.717) is 27.9 Å². The molecule has 8 rings (SSSR count). The summed E-state index contributed by atoms with van der Waals surface area (Å²) in [6.45, 7) is 4.33. The van der Waals surface area contributed by atoms with E-state index >= 15 is 0 Å². The Labute approximate surface area is 348 Å². The first-order chi connectivity index (χ1) is 28.8. The highest BCUT2D eigenvalue weighted by Crippen LogP contribution is 2.45. The van der Waals surface area contributed by atoms with Gasteiger partial charge in [-0.3, -0.25) is 14.4 Å². The van der Waals surface area contributed by atoms with Crippen LogP contribution in [0.15, 0.2) is 71.5 Å². The third kappa shape index (κ3) is 7.26. The standard InChI is InChI=1S/C44H41ClFN5O9/c1-4-44(57)33-15-37-39-30(18-51(37)41(54)32(33)20-58-42(44)55)29(28-14-34(45)35(46)16-36(28)50-39)17-47-38(52)13-22(2)60-21-48-40(53)23(3)49-43(56)59-19-31-26-11-7-5-9-24(26)25-10-6-8-12-27(25)31/h5-12,14-16,22-23,31,57H,4,13,17-21H2,1-3H3,(H,47,52)(H,48,53)(H,49,56)/t22-,23+,44+/m1/s1. The van der Waals surface area contributed by atoms with Gasteiger partial charge in [0.15, 0.2) is 5.60 Å². The van der Waals surface area contributed by atoms with Gasteiger partial charge in [-0.25, -0.2) is 19.0 Å². The molecule has 3 amide bonds. The van der Waals surface area contributed by atoms with Crippen molar-refractivity contribution in [2.75, 3.05) is 13.3 Å². The maximum Gasteiger partial charge on any atom is 0.407 e. The van der Waals surface area contributed by atoms with Crippen molar-refractivity contribution in [3.63, 3.8) is 0 Å². The van der Waals surface area contributed by atoms with Gasteiger partial charge in [0.2, 0.25) is 11.8 Å². The number of fused-ring (bicyclic) bond motifs is 8. The fourth-order valence-electron chi connectivity index (χ4n) is 8.23. The Kier molecular flexibility index (Phi) is 10.9. The average molecular weight is 838 g/mol. The third-order valence-corrected chi connectivity index (χ3v) is 11.8. The molecule has 1 aliphatic carbocycles. The molecule has 5 aromatic rings. The van der Waals surface area contributed by atoms with Crippen molar-refractivity contribution in [1.82, 2.24) is 25.5 Å². The molecule has 60 heavy (non-hydrogen) atoms. The van der Waals surface area contributed by atoms with Crippen LogP contribution in [-0.4, -0.2) is 64.0 Å². The van der Waals surface area contributed by atoms with E-state index in [-0.39, 0.29) is 73.5 Å². The SMILES string of the molecule is CC[C@@]1(O)C(=O)OCc2c1cc1n(c2=O)Cc2c-1nc1cc(F)c(Cl)cc1c2CNC(=O)C[C@@H](C)OCNC(=O)[C@H](C)NC(=O)OCC1c2ccccc2-c2ccccc21. The number of rotatable bonds is 12. The molecule has 4 N–H and O–H groups in total. The van der Waals surface area contributed by atoms with E-state index in [1.807, 2.05) is 48.5 Å². The average Bonchev–Trinajstić information content (AvgIpc) is 3.76. The normalized spacial score (nSPS) is 17.1. The van der Waals surface area contributed by atoms with E-state index in [0.717, 1.165) is 22.3 Å². The van der Waals surface area contributed by atoms with Crippen molar-refractivity contribution in [3.05, 3.63) is 121 Å². The molecule has 3 aliphatic rings. The Morgan fingerprint density at radius 3 is 2.43 bits per heavy atom. The molecule has 16 heteroatoms. The van der Waals surface area contributed by atoms with Crippen LogP contribution in [-0.2, 0) is 53.9 Å². The number of amides is 3. The van der Waals surface area contributed by atoms with Crippen LogP contribution in [0, 0.1) is 5.82 Å². The van der Waals surface area contributed by atoms with Gasteiger partial charge in [-0.2, -0.15) is 0 Å². The lowest BCUT2D eigenvalue weighted by Crippen LogP contribution is -2.46. The lowest BCUT2D eigenvalue weighted by molar-refractivity contribution is -0.172. The lowest BCUT2D eigenvalue weighted by Gasteiger charge is -2.31. The van der Waals surface area contributed by atoms with Gasteiger partial charge in [0.05, 0.1) is 46.6 Å². The Balaban J connectivity index is 0.868. The number of ether oxygens (including phenoxy) is 3. The van der Waals surface area contributed by atoms with Gasteiger partial charge >= 0.3 is 12.1 Å². The summed E-state index contributed by atoms with van der Waals surface area (Å²) in [5, 5.41) is 19.6. The van der Waals surface area contributed by atoms with Crippen LogP contribution in [0.3, 0.4) is 0 Å². The van der Waals surface area contributed by atoms with E-state index in [9.17, 15) is 33.5 Å². The molecule has 4 heterocycles. The number of cyclic esters (lactones) is 1. The largest absolute Gasteiger partial charge is 0.458 e. The molecule has 0 fully saturated rings. The van der Waals surface area contributed by atoms with Crippen LogP contribution < -0.4 is 21.5 Å². The minimum absolute atomic E-state index is 0.0325. The zero-order chi connectivity index (χ0) is 42.5. The molecule has 2 aromatic heterocycles. The molecular weight excluding hydrogens is 797 g/mol. The van der Waals surface area contributed by atoms with Crippen LogP contribution >= 0.6 is 11.6 Å². The number of alkyl carbamates (subject to hydrolysis) is 1. The van der Waals surface area contributed by atoms with Gasteiger partial charge in [-0.05, 0) is 60.2 Å². The topological polar surface area (TPSA) is 187 Å². The minimum Gasteiger partial charge on any atom is -0.458 e. The van der Waals surface area contributed by atoms with Crippen molar-refractivity contribution >= 4 is 46.4 Å². The Morgan fingerprint density at radius 2 is 1.73 bits per heavy atom. The first-order valence-corrected chi connectivity index (χ1v) is 19.9. The van der Waals surface area contributed by atoms with Gasteiger partial charge in [0, 0.05) is 35.0 Å². The van der Waals surface area contributed by atoms with E-state index in [2.05, 4.69) is 20.9 Å². The number of esters is 1. The summed E-state index contributed by atoms with van der Waals surface area (Å²) >= 11 is 6.20. The van der Waals surface area contributed by atoms with Gasteiger partial charge in [-0.15, -0.1) is 0 Å². The predicted octanol–water partition coefficient (Wildman–Crippen LogP) is 5.28. The van der Waals surface area contributed by atoms with E-state index in [1.165, 1.54) is 23.6 Å². The molecule has 0 saturated heterocycles. The molecule has 3 atom stereocenters. The third-order valence-electron chi connectivity index (χ3n) is 11.5. The summed E-state index contributed by atoms with van der Waals surface area (Å²) in [7, 11) is 0. The van der Waals surface area contributed by atoms with E-state index in [1.54, 1.807) is 19.9 Å². The number of aromatic nitrogens is 2. The van der Waals surface area contributed by atoms with Gasteiger partial charge < -0.3 is 39.8 Å². The van der Waals surface area contributed by atoms with Crippen molar-refractivity contribution in [2.45, 2.75) is 77.0 Å². The molecule has 2 aliphatic heterocycles. The molecule has 0 unspecified atom stereocenters. The minimum atomic E-state index is -2.03. The first-order valence-electron chi connectivity index (χ1n) is 19.5. The lowest BCUT2D eigenvalue weighted by atomic mass is 9.86. The number of carbonyl (C=O) groups is 4. The van der Waals surface area contributed by atoms with Crippen LogP contribution in [0.4, 0.5) is 9.18 Å². The molecule has 14 nitrogen and oxygen atoms in total. The van der Waals surface area contributed by atoms with Gasteiger partial charge in [0.25, 0.3) is 5.56 Å². The van der Waals surface area contributed by atoms with Gasteiger partial charge in [-0.1, -0.05) is 67.1 Å². The first kappa shape index (κ1) is 40.6. The summed E-state index contributed by atoms with van der Waals surface area (Å²) in [5.74, 6) is -2.62. The van der Waals surface area contributed by atoms with Crippen LogP contribution in [0.1, 0.15) is 72.9 Å². The van der Waals surface area contributed by atoms with Crippen LogP contribution in [0.25, 0.3) is 33.4 Å². The van der Waals surface area contributed by atoms with Gasteiger partial charge in [0.1, 0.15) is 31.8 Å². The Bertz CT molecular complexity index is 2620. The second kappa shape index (κ2) is 16.1. The second-order valence-corrected chi connectivity index (χ2v) is 15.5. The number of nitrogens with zero attached hydrogens (tertiary/aromatic N) is 2. The number of hydrogen-bond acceptors (Lipinski definition) is 10. The molecule has 0 bridgehead atoms. The Hall–Kier alpha value is -6.16. The number of carbonyl (C=O) groups excluding carboxylic acids is 4. The quantitative estimate of drug-likeness (QED) is 0.0933. The van der Waals surface area contributed by atoms with Crippen molar-refractivity contribution < 1.29 is 42.9 Å². The Morgan fingerprint density at radius 1 is 1.03 bits per heavy atom. The van der Waals surface area contributed by atoms with Crippen molar-refractivity contribution in [1.29, 1.82) is 0 Å². The van der Waals surface area contributed by atoms with E-state index in [4.69, 9.17) is 25.8 Å². The number of hydrogen-bond donors (Lipinski definition) is 4. The highest BCUT2D eigenvalue weighted by Gasteiger charge is 2.45. The molecule has 310 valence electrons. The monoisotopic (exact) mass is 837 g/mol. The summed E-state index contributed by atoms with van der Waals surface area (Å²) in [4.78, 5) is 69.7. The highest BCUT2D eigenvalue weighted by atomic mass is 35.5. The van der Waals surface area contributed by atoms with Crippen molar-refractivity contribution in [2.24, 2.45) is 0 Å². The summed E-state index contributed by atoms with van der Waals surface area (Å²) in [6.07, 6.45) is -1.51. The molecular formula is C44H41ClFN5O9. The number of aliphatic hydroxyl groups is 1. The molecule has 0 radical (unpaired) electrons. The number of benzene rings is 3. The van der Waals surface area contributed by atoms with E-state index < -0.39 is 53.0 Å². The number of halogens is 2. The zero-order valence-corrected chi connectivity index (χ0v) is 33.7. The van der Waals surface area contributed by atoms with Crippen LogP contribution in [0.5, 0.6) is 0 Å². The van der Waals surface area contributed by atoms with Crippen molar-refractivity contribution in [3.8, 4) is 22.5 Å². The summed E-state index contributed by atoms with van der Waals surface area (Å²) < 4.78 is 32.6. The zero-order valence-electron chi connectivity index (χ0n) is 32.9.